The molecule has 2 rings (SSSR count). The molecule has 0 saturated heterocycles. The molecule has 112 valence electrons. The summed E-state index contributed by atoms with van der Waals surface area (Å²) in [7, 11) is -3.92. The topological polar surface area (TPSA) is 72.2 Å². The summed E-state index contributed by atoms with van der Waals surface area (Å²) in [5, 5.41) is 0. The molecule has 0 fully saturated rings. The minimum atomic E-state index is -3.92. The van der Waals surface area contributed by atoms with Crippen LogP contribution in [0, 0.1) is 5.82 Å². The molecule has 0 amide bonds. The number of benzene rings is 2. The fourth-order valence-electron chi connectivity index (χ4n) is 1.65. The molecule has 0 bridgehead atoms. The standard InChI is InChI=1S/C13H11Br2FN2O2S/c14-9-2-4-12(11(16)6-9)18-21(19,20)13-5-8(7-17)1-3-10(13)15/h1-6,18H,7,17H2. The summed E-state index contributed by atoms with van der Waals surface area (Å²) in [6, 6.07) is 8.83. The van der Waals surface area contributed by atoms with E-state index in [0.717, 1.165) is 0 Å². The van der Waals surface area contributed by atoms with E-state index < -0.39 is 15.8 Å². The van der Waals surface area contributed by atoms with Gasteiger partial charge >= 0.3 is 0 Å². The van der Waals surface area contributed by atoms with Crippen LogP contribution < -0.4 is 10.5 Å². The predicted octanol–water partition coefficient (Wildman–Crippen LogP) is 3.61. The average Bonchev–Trinajstić information content (AvgIpc) is 2.42. The van der Waals surface area contributed by atoms with Crippen molar-refractivity contribution < 1.29 is 12.8 Å². The van der Waals surface area contributed by atoms with E-state index in [4.69, 9.17) is 5.73 Å². The lowest BCUT2D eigenvalue weighted by atomic mass is 10.2. The van der Waals surface area contributed by atoms with Crippen molar-refractivity contribution in [1.82, 2.24) is 0 Å². The Bertz CT molecular complexity index is 782. The number of rotatable bonds is 4. The van der Waals surface area contributed by atoms with E-state index in [0.29, 0.717) is 14.5 Å². The van der Waals surface area contributed by atoms with Gasteiger partial charge in [0.05, 0.1) is 5.69 Å². The molecule has 0 aliphatic heterocycles. The highest BCUT2D eigenvalue weighted by atomic mass is 79.9. The first-order valence-electron chi connectivity index (χ1n) is 5.80. The molecular weight excluding hydrogens is 427 g/mol. The van der Waals surface area contributed by atoms with Gasteiger partial charge in [-0.15, -0.1) is 0 Å². The highest BCUT2D eigenvalue weighted by Crippen LogP contribution is 2.27. The molecule has 0 aliphatic rings. The first-order valence-corrected chi connectivity index (χ1v) is 8.87. The fourth-order valence-corrected chi connectivity index (χ4v) is 4.07. The normalized spacial score (nSPS) is 11.4. The van der Waals surface area contributed by atoms with Crippen LogP contribution in [0.1, 0.15) is 5.56 Å². The molecule has 0 radical (unpaired) electrons. The Hall–Kier alpha value is -0.960. The van der Waals surface area contributed by atoms with Crippen molar-refractivity contribution in [3.8, 4) is 0 Å². The number of hydrogen-bond acceptors (Lipinski definition) is 3. The van der Waals surface area contributed by atoms with Crippen molar-refractivity contribution >= 4 is 47.6 Å². The number of sulfonamides is 1. The summed E-state index contributed by atoms with van der Waals surface area (Å²) in [5.74, 6) is -0.668. The van der Waals surface area contributed by atoms with Crippen LogP contribution in [-0.4, -0.2) is 8.42 Å². The van der Waals surface area contributed by atoms with E-state index in [9.17, 15) is 12.8 Å². The van der Waals surface area contributed by atoms with Gasteiger partial charge in [0.1, 0.15) is 10.7 Å². The maximum Gasteiger partial charge on any atom is 0.263 e. The van der Waals surface area contributed by atoms with Crippen LogP contribution in [0.2, 0.25) is 0 Å². The molecule has 4 nitrogen and oxygen atoms in total. The monoisotopic (exact) mass is 436 g/mol. The van der Waals surface area contributed by atoms with Crippen LogP contribution in [0.15, 0.2) is 50.2 Å². The molecule has 2 aromatic carbocycles. The first kappa shape index (κ1) is 16.4. The minimum absolute atomic E-state index is 0.00719. The van der Waals surface area contributed by atoms with Gasteiger partial charge < -0.3 is 5.73 Å². The second-order valence-corrected chi connectivity index (χ2v) is 7.62. The van der Waals surface area contributed by atoms with Gasteiger partial charge in [-0.1, -0.05) is 22.0 Å². The van der Waals surface area contributed by atoms with Gasteiger partial charge in [-0.05, 0) is 51.8 Å². The van der Waals surface area contributed by atoms with Crippen molar-refractivity contribution in [2.24, 2.45) is 5.73 Å². The number of hydrogen-bond donors (Lipinski definition) is 2. The zero-order chi connectivity index (χ0) is 15.6. The van der Waals surface area contributed by atoms with E-state index >= 15 is 0 Å². The third-order valence-electron chi connectivity index (χ3n) is 2.70. The van der Waals surface area contributed by atoms with Gasteiger partial charge in [-0.25, -0.2) is 12.8 Å². The Balaban J connectivity index is 2.43. The Labute approximate surface area is 138 Å². The first-order chi connectivity index (χ1) is 9.83. The molecule has 0 heterocycles. The molecule has 0 unspecified atom stereocenters. The summed E-state index contributed by atoms with van der Waals surface area (Å²) in [5.41, 5.74) is 6.05. The third kappa shape index (κ3) is 3.82. The lowest BCUT2D eigenvalue weighted by molar-refractivity contribution is 0.598. The predicted molar refractivity (Wildman–Crippen MR) is 86.9 cm³/mol. The lowest BCUT2D eigenvalue weighted by Crippen LogP contribution is -2.15. The second-order valence-electron chi connectivity index (χ2n) is 4.20. The SMILES string of the molecule is NCc1ccc(Br)c(S(=O)(=O)Nc2ccc(Br)cc2F)c1. The van der Waals surface area contributed by atoms with Gasteiger partial charge in [0.25, 0.3) is 10.0 Å². The number of anilines is 1. The van der Waals surface area contributed by atoms with E-state index in [-0.39, 0.29) is 17.1 Å². The van der Waals surface area contributed by atoms with Gasteiger partial charge in [0.15, 0.2) is 0 Å². The molecule has 8 heteroatoms. The summed E-state index contributed by atoms with van der Waals surface area (Å²) in [6.45, 7) is 0.211. The van der Waals surface area contributed by atoms with Crippen molar-refractivity contribution in [3.05, 3.63) is 56.7 Å². The molecule has 0 saturated carbocycles. The second kappa shape index (κ2) is 6.43. The number of halogens is 3. The van der Waals surface area contributed by atoms with Crippen molar-refractivity contribution in [2.45, 2.75) is 11.4 Å². The molecule has 2 aromatic rings. The summed E-state index contributed by atoms with van der Waals surface area (Å²) in [4.78, 5) is 0.00719. The average molecular weight is 438 g/mol. The van der Waals surface area contributed by atoms with Crippen LogP contribution in [0.4, 0.5) is 10.1 Å². The highest BCUT2D eigenvalue weighted by Gasteiger charge is 2.20. The van der Waals surface area contributed by atoms with E-state index in [1.54, 1.807) is 18.2 Å². The fraction of sp³-hybridized carbons (Fsp3) is 0.0769. The molecule has 0 spiro atoms. The summed E-state index contributed by atoms with van der Waals surface area (Å²) >= 11 is 6.29. The summed E-state index contributed by atoms with van der Waals surface area (Å²) < 4.78 is 41.6. The van der Waals surface area contributed by atoms with Gasteiger partial charge in [0, 0.05) is 15.5 Å². The Kier molecular flexibility index (Phi) is 5.03. The Morgan fingerprint density at radius 2 is 1.86 bits per heavy atom. The van der Waals surface area contributed by atoms with Gasteiger partial charge in [0.2, 0.25) is 0 Å². The highest BCUT2D eigenvalue weighted by molar-refractivity contribution is 9.10. The molecular formula is C13H11Br2FN2O2S. The number of nitrogens with one attached hydrogen (secondary N) is 1. The van der Waals surface area contributed by atoms with Crippen molar-refractivity contribution in [2.75, 3.05) is 4.72 Å². The van der Waals surface area contributed by atoms with E-state index in [1.807, 2.05) is 0 Å². The quantitative estimate of drug-likeness (QED) is 0.767. The smallest absolute Gasteiger partial charge is 0.263 e. The maximum atomic E-state index is 13.8. The lowest BCUT2D eigenvalue weighted by Gasteiger charge is -2.11. The molecule has 0 atom stereocenters. The van der Waals surface area contributed by atoms with Crippen molar-refractivity contribution in [1.29, 1.82) is 0 Å². The van der Waals surface area contributed by atoms with Gasteiger partial charge in [-0.3, -0.25) is 4.72 Å². The molecule has 0 aliphatic carbocycles. The Morgan fingerprint density at radius 1 is 1.14 bits per heavy atom. The molecule has 0 aromatic heterocycles. The summed E-state index contributed by atoms with van der Waals surface area (Å²) in [6.07, 6.45) is 0. The van der Waals surface area contributed by atoms with Crippen LogP contribution in [0.3, 0.4) is 0 Å². The van der Waals surface area contributed by atoms with Crippen LogP contribution in [0.25, 0.3) is 0 Å². The third-order valence-corrected chi connectivity index (χ3v) is 5.55. The number of nitrogens with two attached hydrogens (primary N) is 1. The zero-order valence-electron chi connectivity index (χ0n) is 10.6. The van der Waals surface area contributed by atoms with Gasteiger partial charge in [-0.2, -0.15) is 0 Å². The van der Waals surface area contributed by atoms with Crippen molar-refractivity contribution in [3.63, 3.8) is 0 Å². The zero-order valence-corrected chi connectivity index (χ0v) is 14.6. The Morgan fingerprint density at radius 3 is 2.48 bits per heavy atom. The molecule has 21 heavy (non-hydrogen) atoms. The largest absolute Gasteiger partial charge is 0.326 e. The maximum absolute atomic E-state index is 13.8. The van der Waals surface area contributed by atoms with E-state index in [1.165, 1.54) is 18.2 Å². The minimum Gasteiger partial charge on any atom is -0.326 e. The van der Waals surface area contributed by atoms with E-state index in [2.05, 4.69) is 36.6 Å². The van der Waals surface area contributed by atoms with Crippen LogP contribution >= 0.6 is 31.9 Å². The van der Waals surface area contributed by atoms with Crippen LogP contribution in [-0.2, 0) is 16.6 Å². The molecule has 3 N–H and O–H groups in total. The van der Waals surface area contributed by atoms with Crippen LogP contribution in [0.5, 0.6) is 0 Å².